The lowest BCUT2D eigenvalue weighted by Gasteiger charge is -2.08. The second kappa shape index (κ2) is 5.59. The first-order chi connectivity index (χ1) is 8.95. The highest BCUT2D eigenvalue weighted by Gasteiger charge is 2.09. The maximum absolute atomic E-state index is 12.1. The molecule has 0 radical (unpaired) electrons. The molecular formula is C14H12Cl2N2O. The Morgan fingerprint density at radius 2 is 1.68 bits per heavy atom. The molecule has 0 spiro atoms. The molecule has 0 unspecified atom stereocenters. The molecule has 1 aromatic carbocycles. The van der Waals surface area contributed by atoms with Gasteiger partial charge in [0.1, 0.15) is 10.3 Å². The molecule has 1 aromatic heterocycles. The maximum Gasteiger partial charge on any atom is 0.255 e. The van der Waals surface area contributed by atoms with Crippen molar-refractivity contribution in [3.05, 3.63) is 57.3 Å². The number of hydrogen-bond donors (Lipinski definition) is 1. The van der Waals surface area contributed by atoms with Crippen molar-refractivity contribution in [2.75, 3.05) is 5.32 Å². The topological polar surface area (TPSA) is 42.0 Å². The normalized spacial score (nSPS) is 10.3. The van der Waals surface area contributed by atoms with Gasteiger partial charge in [0, 0.05) is 11.3 Å². The number of amides is 1. The van der Waals surface area contributed by atoms with Crippen LogP contribution in [0, 0.1) is 13.8 Å². The zero-order valence-electron chi connectivity index (χ0n) is 10.5. The largest absolute Gasteiger partial charge is 0.322 e. The number of rotatable bonds is 2. The summed E-state index contributed by atoms with van der Waals surface area (Å²) in [5.41, 5.74) is 3.40. The summed E-state index contributed by atoms with van der Waals surface area (Å²) in [4.78, 5) is 15.9. The molecule has 1 amide bonds. The second-order valence-electron chi connectivity index (χ2n) is 4.25. The van der Waals surface area contributed by atoms with Crippen molar-refractivity contribution in [2.24, 2.45) is 0 Å². The van der Waals surface area contributed by atoms with Crippen molar-refractivity contribution in [3.8, 4) is 0 Å². The van der Waals surface area contributed by atoms with Crippen molar-refractivity contribution < 1.29 is 4.79 Å². The standard InChI is InChI=1S/C14H12Cl2N2O/c1-8-3-4-11(5-9(8)2)17-14(19)10-6-12(15)18-13(16)7-10/h3-7H,1-2H3,(H,17,19). The molecule has 0 saturated heterocycles. The molecule has 0 bridgehead atoms. The molecule has 0 saturated carbocycles. The third-order valence-corrected chi connectivity index (χ3v) is 3.18. The van der Waals surface area contributed by atoms with E-state index < -0.39 is 0 Å². The van der Waals surface area contributed by atoms with E-state index in [9.17, 15) is 4.79 Å². The van der Waals surface area contributed by atoms with Gasteiger partial charge >= 0.3 is 0 Å². The van der Waals surface area contributed by atoms with E-state index >= 15 is 0 Å². The van der Waals surface area contributed by atoms with Gasteiger partial charge in [0.25, 0.3) is 5.91 Å². The van der Waals surface area contributed by atoms with Crippen LogP contribution in [-0.2, 0) is 0 Å². The molecule has 2 rings (SSSR count). The summed E-state index contributed by atoms with van der Waals surface area (Å²) in [5, 5.41) is 3.18. The molecule has 1 N–H and O–H groups in total. The van der Waals surface area contributed by atoms with E-state index in [-0.39, 0.29) is 16.2 Å². The van der Waals surface area contributed by atoms with Crippen LogP contribution >= 0.6 is 23.2 Å². The summed E-state index contributed by atoms with van der Waals surface area (Å²) in [6.07, 6.45) is 0. The van der Waals surface area contributed by atoms with Gasteiger partial charge in [-0.1, -0.05) is 29.3 Å². The number of nitrogens with one attached hydrogen (secondary N) is 1. The van der Waals surface area contributed by atoms with Crippen molar-refractivity contribution in [1.29, 1.82) is 0 Å². The zero-order valence-corrected chi connectivity index (χ0v) is 12.0. The number of benzene rings is 1. The first kappa shape index (κ1) is 13.8. The predicted octanol–water partition coefficient (Wildman–Crippen LogP) is 4.26. The number of pyridine rings is 1. The van der Waals surface area contributed by atoms with Crippen LogP contribution in [0.2, 0.25) is 10.3 Å². The van der Waals surface area contributed by atoms with Crippen LogP contribution in [0.4, 0.5) is 5.69 Å². The zero-order chi connectivity index (χ0) is 14.0. The molecule has 98 valence electrons. The van der Waals surface area contributed by atoms with Gasteiger partial charge < -0.3 is 5.32 Å². The van der Waals surface area contributed by atoms with E-state index in [0.717, 1.165) is 11.3 Å². The Bertz CT molecular complexity index is 621. The highest BCUT2D eigenvalue weighted by atomic mass is 35.5. The lowest BCUT2D eigenvalue weighted by atomic mass is 10.1. The second-order valence-corrected chi connectivity index (χ2v) is 5.03. The van der Waals surface area contributed by atoms with E-state index in [1.54, 1.807) is 0 Å². The minimum absolute atomic E-state index is 0.192. The van der Waals surface area contributed by atoms with Crippen LogP contribution in [0.3, 0.4) is 0 Å². The Morgan fingerprint density at radius 3 is 2.26 bits per heavy atom. The third-order valence-electron chi connectivity index (χ3n) is 2.79. The van der Waals surface area contributed by atoms with E-state index in [2.05, 4.69) is 10.3 Å². The number of aryl methyl sites for hydroxylation is 2. The monoisotopic (exact) mass is 294 g/mol. The Hall–Kier alpha value is -1.58. The molecule has 5 heteroatoms. The molecule has 0 fully saturated rings. The SMILES string of the molecule is Cc1ccc(NC(=O)c2cc(Cl)nc(Cl)c2)cc1C. The van der Waals surface area contributed by atoms with Gasteiger partial charge in [0.05, 0.1) is 0 Å². The Kier molecular flexibility index (Phi) is 4.08. The van der Waals surface area contributed by atoms with Gasteiger partial charge in [-0.05, 0) is 49.2 Å². The summed E-state index contributed by atoms with van der Waals surface area (Å²) in [6.45, 7) is 4.01. The Balaban J connectivity index is 2.22. The summed E-state index contributed by atoms with van der Waals surface area (Å²) < 4.78 is 0. The fraction of sp³-hybridized carbons (Fsp3) is 0.143. The molecule has 0 aliphatic heterocycles. The molecule has 1 heterocycles. The van der Waals surface area contributed by atoms with Crippen molar-refractivity contribution in [1.82, 2.24) is 4.98 Å². The van der Waals surface area contributed by atoms with Gasteiger partial charge in [0.15, 0.2) is 0 Å². The molecule has 3 nitrogen and oxygen atoms in total. The number of nitrogens with zero attached hydrogens (tertiary/aromatic N) is 1. The minimum Gasteiger partial charge on any atom is -0.322 e. The number of carbonyl (C=O) groups is 1. The van der Waals surface area contributed by atoms with Crippen LogP contribution in [0.25, 0.3) is 0 Å². The molecule has 0 aliphatic rings. The van der Waals surface area contributed by atoms with Crippen LogP contribution in [0.1, 0.15) is 21.5 Å². The van der Waals surface area contributed by atoms with Crippen molar-refractivity contribution in [3.63, 3.8) is 0 Å². The maximum atomic E-state index is 12.1. The highest BCUT2D eigenvalue weighted by Crippen LogP contribution is 2.18. The van der Waals surface area contributed by atoms with Gasteiger partial charge in [-0.2, -0.15) is 0 Å². The molecule has 0 aliphatic carbocycles. The summed E-state index contributed by atoms with van der Waals surface area (Å²) >= 11 is 11.5. The lowest BCUT2D eigenvalue weighted by Crippen LogP contribution is -2.12. The van der Waals surface area contributed by atoms with Crippen molar-refractivity contribution >= 4 is 34.8 Å². The van der Waals surface area contributed by atoms with Gasteiger partial charge in [-0.25, -0.2) is 4.98 Å². The highest BCUT2D eigenvalue weighted by molar-refractivity contribution is 6.33. The number of carbonyl (C=O) groups excluding carboxylic acids is 1. The van der Waals surface area contributed by atoms with E-state index in [0.29, 0.717) is 5.56 Å². The average molecular weight is 295 g/mol. The van der Waals surface area contributed by atoms with Gasteiger partial charge in [-0.3, -0.25) is 4.79 Å². The number of hydrogen-bond acceptors (Lipinski definition) is 2. The molecule has 0 atom stereocenters. The summed E-state index contributed by atoms with van der Waals surface area (Å²) in [5.74, 6) is -0.269. The number of anilines is 1. The molecule has 2 aromatic rings. The van der Waals surface area contributed by atoms with E-state index in [1.165, 1.54) is 17.7 Å². The molecule has 19 heavy (non-hydrogen) atoms. The fourth-order valence-electron chi connectivity index (χ4n) is 1.62. The Labute approximate surface area is 121 Å². The number of aromatic nitrogens is 1. The van der Waals surface area contributed by atoms with E-state index in [1.807, 2.05) is 32.0 Å². The van der Waals surface area contributed by atoms with Gasteiger partial charge in [0.2, 0.25) is 0 Å². The fourth-order valence-corrected chi connectivity index (χ4v) is 2.08. The minimum atomic E-state index is -0.269. The molecular weight excluding hydrogens is 283 g/mol. The van der Waals surface area contributed by atoms with Gasteiger partial charge in [-0.15, -0.1) is 0 Å². The van der Waals surface area contributed by atoms with Crippen molar-refractivity contribution in [2.45, 2.75) is 13.8 Å². The first-order valence-electron chi connectivity index (χ1n) is 5.67. The summed E-state index contributed by atoms with van der Waals surface area (Å²) in [6, 6.07) is 8.67. The Morgan fingerprint density at radius 1 is 1.05 bits per heavy atom. The smallest absolute Gasteiger partial charge is 0.255 e. The quantitative estimate of drug-likeness (QED) is 0.841. The average Bonchev–Trinajstić information content (AvgIpc) is 2.32. The van der Waals surface area contributed by atoms with Crippen LogP contribution < -0.4 is 5.32 Å². The van der Waals surface area contributed by atoms with Crippen LogP contribution in [0.5, 0.6) is 0 Å². The van der Waals surface area contributed by atoms with Crippen LogP contribution in [-0.4, -0.2) is 10.9 Å². The third kappa shape index (κ3) is 3.46. The predicted molar refractivity (Wildman–Crippen MR) is 78.1 cm³/mol. The number of halogens is 2. The van der Waals surface area contributed by atoms with Crippen LogP contribution in [0.15, 0.2) is 30.3 Å². The summed E-state index contributed by atoms with van der Waals surface area (Å²) in [7, 11) is 0. The lowest BCUT2D eigenvalue weighted by molar-refractivity contribution is 0.102. The first-order valence-corrected chi connectivity index (χ1v) is 6.43. The van der Waals surface area contributed by atoms with E-state index in [4.69, 9.17) is 23.2 Å².